The minimum Gasteiger partial charge on any atom is -0.459 e. The molecule has 2 unspecified atom stereocenters. The molecule has 1 aromatic carbocycles. The summed E-state index contributed by atoms with van der Waals surface area (Å²) in [6.07, 6.45) is 9.56. The number of hydrogen-bond acceptors (Lipinski definition) is 7. The maximum Gasteiger partial charge on any atom is 0.332 e. The van der Waals surface area contributed by atoms with Gasteiger partial charge in [0.1, 0.15) is 18.2 Å². The van der Waals surface area contributed by atoms with E-state index in [1.165, 1.54) is 0 Å². The Kier molecular flexibility index (Phi) is 10.0. The highest BCUT2D eigenvalue weighted by molar-refractivity contribution is 6.38. The number of ether oxygens (including phenoxy) is 1. The number of rotatable bonds is 13. The van der Waals surface area contributed by atoms with Gasteiger partial charge in [-0.1, -0.05) is 83.2 Å². The summed E-state index contributed by atoms with van der Waals surface area (Å²) < 4.78 is 5.66. The Balaban J connectivity index is 1.12. The standard InChI is InChI=1S/C38H53N5O7/c1-4-12-27(30(45)32(47)40-26-15-16-26)41-31(46)28-21-38(35(2,3)37(38)19-11-20-37)24-43(28)29(44)22-39-34(49)42-36(17-9-6-10-18-36)33(48)50-23-25-13-7-5-8-14-25/h5,7-8,13-14,26-28H,4,6,9-12,15-24H2,1-3H3,(H,40,47)(H,41,46)(H2,39,42,49)/t27?,28-,38?/m0/s1. The quantitative estimate of drug-likeness (QED) is 0.181. The van der Waals surface area contributed by atoms with E-state index in [2.05, 4.69) is 35.1 Å². The van der Waals surface area contributed by atoms with Gasteiger partial charge in [-0.25, -0.2) is 9.59 Å². The minimum absolute atomic E-state index is 0.0145. The second-order valence-electron chi connectivity index (χ2n) is 15.9. The van der Waals surface area contributed by atoms with Crippen LogP contribution in [0.1, 0.15) is 110 Å². The van der Waals surface area contributed by atoms with Gasteiger partial charge in [-0.2, -0.15) is 0 Å². The van der Waals surface area contributed by atoms with Crippen LogP contribution < -0.4 is 21.3 Å². The van der Waals surface area contributed by atoms with Gasteiger partial charge in [0.05, 0.1) is 12.6 Å². The molecule has 272 valence electrons. The van der Waals surface area contributed by atoms with Crippen molar-refractivity contribution in [3.63, 3.8) is 0 Å². The lowest BCUT2D eigenvalue weighted by Gasteiger charge is -2.35. The molecule has 0 bridgehead atoms. The van der Waals surface area contributed by atoms with Crippen molar-refractivity contribution in [3.8, 4) is 0 Å². The van der Waals surface area contributed by atoms with Gasteiger partial charge in [0.15, 0.2) is 0 Å². The van der Waals surface area contributed by atoms with Gasteiger partial charge in [-0.05, 0) is 67.8 Å². The first kappa shape index (κ1) is 35.9. The Morgan fingerprint density at radius 1 is 0.920 bits per heavy atom. The Labute approximate surface area is 294 Å². The number of Topliss-reactive ketones (excluding diaryl/α,β-unsaturated/α-hetero) is 1. The number of nitrogens with one attached hydrogen (secondary N) is 4. The highest BCUT2D eigenvalue weighted by Crippen LogP contribution is 2.88. The molecule has 4 N–H and O–H groups in total. The number of esters is 1. The van der Waals surface area contributed by atoms with E-state index in [0.717, 1.165) is 56.9 Å². The molecule has 5 aliphatic rings. The molecule has 1 aliphatic heterocycles. The normalized spacial score (nSPS) is 25.9. The molecular formula is C38H53N5O7. The number of urea groups is 1. The summed E-state index contributed by atoms with van der Waals surface area (Å²) in [5.41, 5.74) is -0.623. The first-order valence-electron chi connectivity index (χ1n) is 18.6. The van der Waals surface area contributed by atoms with Gasteiger partial charge in [-0.3, -0.25) is 19.2 Å². The van der Waals surface area contributed by atoms with Crippen LogP contribution in [0.2, 0.25) is 0 Å². The molecule has 5 amide bonds. The van der Waals surface area contributed by atoms with Crippen molar-refractivity contribution in [2.75, 3.05) is 13.1 Å². The summed E-state index contributed by atoms with van der Waals surface area (Å²) in [4.78, 5) is 81.9. The highest BCUT2D eigenvalue weighted by Gasteiger charge is 2.85. The summed E-state index contributed by atoms with van der Waals surface area (Å²) >= 11 is 0. The van der Waals surface area contributed by atoms with Crippen molar-refractivity contribution in [1.82, 2.24) is 26.2 Å². The van der Waals surface area contributed by atoms with Gasteiger partial charge >= 0.3 is 12.0 Å². The molecule has 1 aromatic rings. The van der Waals surface area contributed by atoms with Gasteiger partial charge in [-0.15, -0.1) is 0 Å². The average molecular weight is 692 g/mol. The maximum absolute atomic E-state index is 14.0. The van der Waals surface area contributed by atoms with Crippen molar-refractivity contribution in [2.24, 2.45) is 16.2 Å². The van der Waals surface area contributed by atoms with Crippen LogP contribution in [-0.2, 0) is 35.3 Å². The number of ketones is 1. The zero-order valence-electron chi connectivity index (χ0n) is 29.7. The maximum atomic E-state index is 14.0. The molecule has 12 nitrogen and oxygen atoms in total. The third kappa shape index (κ3) is 6.50. The molecule has 0 radical (unpaired) electrons. The van der Waals surface area contributed by atoms with Gasteiger partial charge in [0.2, 0.25) is 17.6 Å². The van der Waals surface area contributed by atoms with E-state index < -0.39 is 53.1 Å². The minimum atomic E-state index is -1.19. The van der Waals surface area contributed by atoms with Gasteiger partial charge in [0, 0.05) is 18.0 Å². The monoisotopic (exact) mass is 691 g/mol. The molecule has 2 spiro atoms. The largest absolute Gasteiger partial charge is 0.459 e. The van der Waals surface area contributed by atoms with Crippen LogP contribution in [0.5, 0.6) is 0 Å². The lowest BCUT2D eigenvalue weighted by molar-refractivity contribution is -0.154. The molecule has 50 heavy (non-hydrogen) atoms. The molecule has 1 heterocycles. The van der Waals surface area contributed by atoms with E-state index in [1.54, 1.807) is 4.90 Å². The van der Waals surface area contributed by atoms with E-state index in [-0.39, 0.29) is 35.4 Å². The lowest BCUT2D eigenvalue weighted by Crippen LogP contribution is -2.59. The number of nitrogens with zero attached hydrogens (tertiary/aromatic N) is 1. The van der Waals surface area contributed by atoms with Crippen LogP contribution in [-0.4, -0.2) is 77.2 Å². The summed E-state index contributed by atoms with van der Waals surface area (Å²) in [7, 11) is 0. The summed E-state index contributed by atoms with van der Waals surface area (Å²) in [6, 6.07) is 6.89. The fourth-order valence-electron chi connectivity index (χ4n) is 9.48. The van der Waals surface area contributed by atoms with Crippen LogP contribution in [0.4, 0.5) is 4.79 Å². The van der Waals surface area contributed by atoms with Crippen molar-refractivity contribution < 1.29 is 33.5 Å². The Morgan fingerprint density at radius 3 is 2.22 bits per heavy atom. The number of carbonyl (C=O) groups excluding carboxylic acids is 6. The van der Waals surface area contributed by atoms with Crippen LogP contribution in [0.3, 0.4) is 0 Å². The lowest BCUT2D eigenvalue weighted by atomic mass is 9.73. The molecule has 1 saturated heterocycles. The molecule has 0 aromatic heterocycles. The van der Waals surface area contributed by atoms with E-state index in [0.29, 0.717) is 38.6 Å². The molecule has 12 heteroatoms. The Morgan fingerprint density at radius 2 is 1.62 bits per heavy atom. The third-order valence-corrected chi connectivity index (χ3v) is 12.8. The molecule has 3 atom stereocenters. The number of benzene rings is 1. The van der Waals surface area contributed by atoms with Gasteiger partial charge in [0.25, 0.3) is 5.91 Å². The highest BCUT2D eigenvalue weighted by atomic mass is 16.5. The summed E-state index contributed by atoms with van der Waals surface area (Å²) in [5.74, 6) is -2.72. The zero-order valence-corrected chi connectivity index (χ0v) is 29.7. The van der Waals surface area contributed by atoms with Crippen LogP contribution >= 0.6 is 0 Å². The van der Waals surface area contributed by atoms with E-state index in [1.807, 2.05) is 37.3 Å². The van der Waals surface area contributed by atoms with E-state index in [9.17, 15) is 28.8 Å². The second kappa shape index (κ2) is 14.0. The number of carbonyl (C=O) groups is 6. The van der Waals surface area contributed by atoms with Gasteiger partial charge < -0.3 is 30.9 Å². The number of hydrogen-bond donors (Lipinski definition) is 4. The first-order valence-corrected chi connectivity index (χ1v) is 18.6. The predicted molar refractivity (Wildman–Crippen MR) is 184 cm³/mol. The molecule has 4 saturated carbocycles. The smallest absolute Gasteiger partial charge is 0.332 e. The Hall–Kier alpha value is -3.96. The fourth-order valence-corrected chi connectivity index (χ4v) is 9.48. The number of fused-ring (bicyclic) bond motifs is 1. The zero-order chi connectivity index (χ0) is 35.7. The fraction of sp³-hybridized carbons (Fsp3) is 0.684. The number of likely N-dealkylation sites (tertiary alicyclic amines) is 1. The first-order chi connectivity index (χ1) is 23.9. The average Bonchev–Trinajstić information content (AvgIpc) is 3.91. The van der Waals surface area contributed by atoms with Crippen LogP contribution in [0.15, 0.2) is 30.3 Å². The second-order valence-corrected chi connectivity index (χ2v) is 15.9. The summed E-state index contributed by atoms with van der Waals surface area (Å²) in [5, 5.41) is 11.1. The van der Waals surface area contributed by atoms with Crippen molar-refractivity contribution >= 4 is 35.5 Å². The number of amides is 5. The predicted octanol–water partition coefficient (Wildman–Crippen LogP) is 3.66. The third-order valence-electron chi connectivity index (χ3n) is 12.8. The van der Waals surface area contributed by atoms with Crippen molar-refractivity contribution in [1.29, 1.82) is 0 Å². The summed E-state index contributed by atoms with van der Waals surface area (Å²) in [6.45, 7) is 6.42. The van der Waals surface area contributed by atoms with Crippen LogP contribution in [0, 0.1) is 16.2 Å². The topological polar surface area (TPSA) is 163 Å². The molecular weight excluding hydrogens is 638 g/mol. The van der Waals surface area contributed by atoms with Crippen molar-refractivity contribution in [2.45, 2.75) is 135 Å². The molecule has 5 fully saturated rings. The molecule has 6 rings (SSSR count). The van der Waals surface area contributed by atoms with Crippen molar-refractivity contribution in [3.05, 3.63) is 35.9 Å². The van der Waals surface area contributed by atoms with E-state index in [4.69, 9.17) is 4.74 Å². The van der Waals surface area contributed by atoms with Crippen LogP contribution in [0.25, 0.3) is 0 Å². The van der Waals surface area contributed by atoms with E-state index >= 15 is 0 Å². The Bertz CT molecular complexity index is 1500. The molecule has 4 aliphatic carbocycles. The SMILES string of the molecule is CCCC(NC(=O)[C@@H]1CC2(CN1C(=O)CNC(=O)NC1(C(=O)OCc3ccccc3)CCCCC1)C(C)(C)C21CCC1)C(=O)C(=O)NC1CC1.